The lowest BCUT2D eigenvalue weighted by Crippen LogP contribution is -3.00. The minimum atomic E-state index is -1.25. The lowest BCUT2D eigenvalue weighted by Gasteiger charge is -2.24. The van der Waals surface area contributed by atoms with Crippen molar-refractivity contribution >= 4 is 22.8 Å². The molecule has 0 aromatic carbocycles. The van der Waals surface area contributed by atoms with Crippen LogP contribution in [0.4, 0.5) is 11.5 Å². The second-order valence-electron chi connectivity index (χ2n) is 4.86. The van der Waals surface area contributed by atoms with Crippen LogP contribution in [0.3, 0.4) is 0 Å². The number of aromatic nitrogens is 3. The first-order valence-corrected chi connectivity index (χ1v) is 7.44. The Morgan fingerprint density at radius 2 is 2.24 bits per heavy atom. The third-order valence-corrected chi connectivity index (χ3v) is 4.42. The lowest BCUT2D eigenvalue weighted by atomic mass is 10.2. The van der Waals surface area contributed by atoms with Crippen LogP contribution in [-0.4, -0.2) is 33.2 Å². The summed E-state index contributed by atoms with van der Waals surface area (Å²) < 4.78 is 0. The molecule has 21 heavy (non-hydrogen) atoms. The zero-order valence-corrected chi connectivity index (χ0v) is 12.2. The molecule has 0 spiro atoms. The van der Waals surface area contributed by atoms with Crippen LogP contribution in [0.1, 0.15) is 16.4 Å². The summed E-state index contributed by atoms with van der Waals surface area (Å²) in [4.78, 5) is 26.0. The van der Waals surface area contributed by atoms with Crippen LogP contribution in [0.25, 0.3) is 0 Å². The van der Waals surface area contributed by atoms with Crippen molar-refractivity contribution in [3.63, 3.8) is 0 Å². The highest BCUT2D eigenvalue weighted by Gasteiger charge is 2.25. The van der Waals surface area contributed by atoms with Crippen molar-refractivity contribution in [1.82, 2.24) is 15.0 Å². The number of thiazole rings is 1. The van der Waals surface area contributed by atoms with Crippen molar-refractivity contribution in [3.05, 3.63) is 37.5 Å². The monoisotopic (exact) mass is 309 g/mol. The Balaban J connectivity index is 1.97. The minimum Gasteiger partial charge on any atom is -0.595 e. The summed E-state index contributed by atoms with van der Waals surface area (Å²) >= 11 is 1.61. The van der Waals surface area contributed by atoms with Gasteiger partial charge in [-0.3, -0.25) is 4.79 Å². The van der Waals surface area contributed by atoms with Gasteiger partial charge in [0.1, 0.15) is 5.82 Å². The predicted molar refractivity (Wildman–Crippen MR) is 77.1 cm³/mol. The normalized spacial score (nSPS) is 16.4. The van der Waals surface area contributed by atoms with Gasteiger partial charge in [0.2, 0.25) is 5.82 Å². The maximum absolute atomic E-state index is 11.9. The second kappa shape index (κ2) is 5.53. The maximum atomic E-state index is 11.9. The van der Waals surface area contributed by atoms with Crippen LogP contribution in [0.15, 0.2) is 10.3 Å². The third kappa shape index (κ3) is 2.68. The molecule has 9 heteroatoms. The number of anilines is 1. The molecule has 2 aromatic rings. The Bertz CT molecular complexity index is 689. The Hall–Kier alpha value is -1.81. The van der Waals surface area contributed by atoms with Crippen LogP contribution in [0, 0.1) is 12.1 Å². The SMILES string of the molecule is Cc1nc(N2CCc3ncsc3CC2)c([NH+]([O-])O)c(=O)[nH]1. The first-order chi connectivity index (χ1) is 10.1. The van der Waals surface area contributed by atoms with Gasteiger partial charge in [-0.2, -0.15) is 5.23 Å². The number of hydrogen-bond acceptors (Lipinski definition) is 7. The standard InChI is InChI=1S/C12H15N5O3S/c1-7-14-11(10(17(19)20)12(18)15-7)16-4-2-8-9(3-5-16)21-6-13-8/h6,17,19H,2-5H2,1H3,(H,14,15,18). The number of nitrogens with zero attached hydrogens (tertiary/aromatic N) is 3. The fourth-order valence-electron chi connectivity index (χ4n) is 2.49. The highest BCUT2D eigenvalue weighted by Crippen LogP contribution is 2.23. The maximum Gasteiger partial charge on any atom is 0.318 e. The molecular formula is C12H15N5O3S. The summed E-state index contributed by atoms with van der Waals surface area (Å²) in [6, 6.07) is 0. The predicted octanol–water partition coefficient (Wildman–Crippen LogP) is -0.457. The van der Waals surface area contributed by atoms with Crippen LogP contribution in [0.5, 0.6) is 0 Å². The Labute approximate surface area is 124 Å². The van der Waals surface area contributed by atoms with Crippen LogP contribution in [-0.2, 0) is 12.8 Å². The van der Waals surface area contributed by atoms with Gasteiger partial charge in [0.15, 0.2) is 0 Å². The average Bonchev–Trinajstić information content (AvgIpc) is 2.76. The molecule has 1 aliphatic heterocycles. The van der Waals surface area contributed by atoms with Crippen LogP contribution in [0.2, 0.25) is 0 Å². The van der Waals surface area contributed by atoms with Crippen molar-refractivity contribution in [3.8, 4) is 0 Å². The highest BCUT2D eigenvalue weighted by molar-refractivity contribution is 7.09. The zero-order valence-electron chi connectivity index (χ0n) is 11.4. The number of H-pyrrole nitrogens is 1. The van der Waals surface area contributed by atoms with Crippen molar-refractivity contribution < 1.29 is 10.4 Å². The number of rotatable bonds is 2. The Kier molecular flexibility index (Phi) is 3.72. The van der Waals surface area contributed by atoms with Gasteiger partial charge in [-0.1, -0.05) is 0 Å². The topological polar surface area (TPSA) is 110 Å². The first kappa shape index (κ1) is 14.1. The summed E-state index contributed by atoms with van der Waals surface area (Å²) in [6.07, 6.45) is 1.51. The van der Waals surface area contributed by atoms with E-state index in [2.05, 4.69) is 15.0 Å². The smallest absolute Gasteiger partial charge is 0.318 e. The van der Waals surface area contributed by atoms with Gasteiger partial charge in [-0.25, -0.2) is 15.2 Å². The molecule has 0 aliphatic carbocycles. The Morgan fingerprint density at radius 1 is 1.48 bits per heavy atom. The molecule has 3 N–H and O–H groups in total. The summed E-state index contributed by atoms with van der Waals surface area (Å²) in [5.41, 5.74) is 1.99. The molecule has 1 unspecified atom stereocenters. The quantitative estimate of drug-likeness (QED) is 0.648. The van der Waals surface area contributed by atoms with E-state index in [1.165, 1.54) is 4.88 Å². The van der Waals surface area contributed by atoms with E-state index >= 15 is 0 Å². The number of hydrogen-bond donors (Lipinski definition) is 3. The summed E-state index contributed by atoms with van der Waals surface area (Å²) in [5.74, 6) is 0.663. The molecule has 1 aliphatic rings. The molecular weight excluding hydrogens is 294 g/mol. The fraction of sp³-hybridized carbons (Fsp3) is 0.417. The lowest BCUT2D eigenvalue weighted by molar-refractivity contribution is -0.991. The summed E-state index contributed by atoms with van der Waals surface area (Å²) in [6.45, 7) is 2.88. The largest absolute Gasteiger partial charge is 0.595 e. The molecule has 0 saturated carbocycles. The third-order valence-electron chi connectivity index (χ3n) is 3.48. The van der Waals surface area contributed by atoms with Gasteiger partial charge in [-0.15, -0.1) is 11.3 Å². The molecule has 112 valence electrons. The first-order valence-electron chi connectivity index (χ1n) is 6.56. The molecule has 3 heterocycles. The van der Waals surface area contributed by atoms with Gasteiger partial charge >= 0.3 is 5.56 Å². The van der Waals surface area contributed by atoms with E-state index < -0.39 is 10.8 Å². The molecule has 0 bridgehead atoms. The molecule has 0 fully saturated rings. The van der Waals surface area contributed by atoms with Crippen LogP contribution < -0.4 is 15.7 Å². The van der Waals surface area contributed by atoms with Gasteiger partial charge in [0.25, 0.3) is 5.69 Å². The van der Waals surface area contributed by atoms with Gasteiger partial charge in [0.05, 0.1) is 11.2 Å². The molecule has 2 aromatic heterocycles. The number of aromatic amines is 1. The molecule has 0 saturated heterocycles. The van der Waals surface area contributed by atoms with Crippen molar-refractivity contribution in [2.24, 2.45) is 0 Å². The molecule has 1 atom stereocenters. The number of aryl methyl sites for hydroxylation is 1. The highest BCUT2D eigenvalue weighted by atomic mass is 32.1. The molecule has 0 radical (unpaired) electrons. The summed E-state index contributed by atoms with van der Waals surface area (Å²) in [7, 11) is 0. The van der Waals surface area contributed by atoms with Gasteiger partial charge < -0.3 is 15.1 Å². The van der Waals surface area contributed by atoms with Crippen LogP contribution >= 0.6 is 11.3 Å². The Morgan fingerprint density at radius 3 is 3.00 bits per heavy atom. The average molecular weight is 309 g/mol. The van der Waals surface area contributed by atoms with Gasteiger partial charge in [0, 0.05) is 30.8 Å². The molecule has 8 nitrogen and oxygen atoms in total. The molecule has 3 rings (SSSR count). The van der Waals surface area contributed by atoms with E-state index in [1.807, 2.05) is 10.4 Å². The van der Waals surface area contributed by atoms with E-state index in [9.17, 15) is 15.2 Å². The van der Waals surface area contributed by atoms with E-state index in [-0.39, 0.29) is 11.5 Å². The van der Waals surface area contributed by atoms with E-state index in [0.717, 1.165) is 18.5 Å². The van der Waals surface area contributed by atoms with Crippen molar-refractivity contribution in [2.45, 2.75) is 19.8 Å². The summed E-state index contributed by atoms with van der Waals surface area (Å²) in [5, 5.41) is 19.4. The number of nitrogens with one attached hydrogen (secondary N) is 2. The second-order valence-corrected chi connectivity index (χ2v) is 5.80. The number of fused-ring (bicyclic) bond motifs is 1. The minimum absolute atomic E-state index is 0.249. The van der Waals surface area contributed by atoms with E-state index in [4.69, 9.17) is 0 Å². The van der Waals surface area contributed by atoms with Crippen molar-refractivity contribution in [2.75, 3.05) is 18.0 Å². The fourth-order valence-corrected chi connectivity index (χ4v) is 3.30. The zero-order chi connectivity index (χ0) is 15.0. The molecule has 0 amide bonds. The van der Waals surface area contributed by atoms with Crippen molar-refractivity contribution in [1.29, 1.82) is 0 Å². The number of quaternary nitrogens is 1. The van der Waals surface area contributed by atoms with E-state index in [1.54, 1.807) is 18.3 Å². The van der Waals surface area contributed by atoms with E-state index in [0.29, 0.717) is 18.9 Å². The van der Waals surface area contributed by atoms with Gasteiger partial charge in [-0.05, 0) is 6.92 Å².